The maximum absolute atomic E-state index is 12.2. The molecule has 35 heavy (non-hydrogen) atoms. The molecular formula is C26H27N3O6. The van der Waals surface area contributed by atoms with E-state index in [4.69, 9.17) is 13.9 Å². The van der Waals surface area contributed by atoms with Crippen molar-refractivity contribution in [3.63, 3.8) is 0 Å². The average molecular weight is 478 g/mol. The van der Waals surface area contributed by atoms with E-state index < -0.39 is 23.8 Å². The molecule has 0 aliphatic carbocycles. The molecule has 1 heterocycles. The number of para-hydroxylation sites is 1. The van der Waals surface area contributed by atoms with Crippen molar-refractivity contribution in [2.45, 2.75) is 32.9 Å². The lowest BCUT2D eigenvalue weighted by atomic mass is 10.1. The van der Waals surface area contributed by atoms with Crippen molar-refractivity contribution in [3.05, 3.63) is 78.1 Å². The van der Waals surface area contributed by atoms with Crippen molar-refractivity contribution in [1.82, 2.24) is 10.7 Å². The molecule has 0 unspecified atom stereocenters. The SMILES string of the molecule is CC(C)OC(=O)c1cccc(-c2ccc(/C=N\NC(=O)[C@H](C)NC(=O)COc3ccccc3)o2)c1. The van der Waals surface area contributed by atoms with E-state index in [1.807, 2.05) is 6.07 Å². The van der Waals surface area contributed by atoms with Gasteiger partial charge in [-0.25, -0.2) is 10.2 Å². The molecule has 0 saturated carbocycles. The Balaban J connectivity index is 1.49. The summed E-state index contributed by atoms with van der Waals surface area (Å²) >= 11 is 0. The highest BCUT2D eigenvalue weighted by atomic mass is 16.5. The maximum atomic E-state index is 12.2. The summed E-state index contributed by atoms with van der Waals surface area (Å²) in [5.74, 6) is 0.127. The van der Waals surface area contributed by atoms with E-state index in [2.05, 4.69) is 15.8 Å². The highest BCUT2D eigenvalue weighted by Gasteiger charge is 2.16. The molecule has 9 heteroatoms. The number of benzene rings is 2. The summed E-state index contributed by atoms with van der Waals surface area (Å²) in [4.78, 5) is 36.3. The lowest BCUT2D eigenvalue weighted by Crippen LogP contribution is -2.45. The largest absolute Gasteiger partial charge is 0.484 e. The summed E-state index contributed by atoms with van der Waals surface area (Å²) in [6.07, 6.45) is 1.12. The van der Waals surface area contributed by atoms with Crippen LogP contribution in [0.2, 0.25) is 0 Å². The number of nitrogens with one attached hydrogen (secondary N) is 2. The van der Waals surface area contributed by atoms with E-state index in [1.54, 1.807) is 74.5 Å². The van der Waals surface area contributed by atoms with Gasteiger partial charge in [-0.1, -0.05) is 30.3 Å². The molecule has 0 aliphatic heterocycles. The molecular weight excluding hydrogens is 450 g/mol. The van der Waals surface area contributed by atoms with Crippen molar-refractivity contribution >= 4 is 24.0 Å². The monoisotopic (exact) mass is 477 g/mol. The summed E-state index contributed by atoms with van der Waals surface area (Å²) in [6.45, 7) is 4.89. The number of hydrazone groups is 1. The van der Waals surface area contributed by atoms with Crippen molar-refractivity contribution in [2.24, 2.45) is 5.10 Å². The van der Waals surface area contributed by atoms with Crippen LogP contribution in [0, 0.1) is 0 Å². The Bertz CT molecular complexity index is 1190. The molecule has 0 aliphatic rings. The van der Waals surface area contributed by atoms with Crippen molar-refractivity contribution in [1.29, 1.82) is 0 Å². The van der Waals surface area contributed by atoms with Gasteiger partial charge >= 0.3 is 5.97 Å². The van der Waals surface area contributed by atoms with Gasteiger partial charge in [0.1, 0.15) is 23.3 Å². The van der Waals surface area contributed by atoms with Gasteiger partial charge in [0.05, 0.1) is 17.9 Å². The van der Waals surface area contributed by atoms with Crippen LogP contribution in [0.25, 0.3) is 11.3 Å². The highest BCUT2D eigenvalue weighted by molar-refractivity contribution is 5.91. The molecule has 0 bridgehead atoms. The lowest BCUT2D eigenvalue weighted by molar-refractivity contribution is -0.129. The molecule has 0 fully saturated rings. The number of carbonyl (C=O) groups excluding carboxylic acids is 3. The smallest absolute Gasteiger partial charge is 0.338 e. The third-order valence-electron chi connectivity index (χ3n) is 4.60. The Morgan fingerprint density at radius 3 is 2.51 bits per heavy atom. The van der Waals surface area contributed by atoms with E-state index in [0.717, 1.165) is 0 Å². The maximum Gasteiger partial charge on any atom is 0.338 e. The van der Waals surface area contributed by atoms with Crippen molar-refractivity contribution < 1.29 is 28.3 Å². The number of nitrogens with zero attached hydrogens (tertiary/aromatic N) is 1. The van der Waals surface area contributed by atoms with Crippen molar-refractivity contribution in [3.8, 4) is 17.1 Å². The zero-order valence-corrected chi connectivity index (χ0v) is 19.7. The number of hydrogen-bond donors (Lipinski definition) is 2. The number of hydrogen-bond acceptors (Lipinski definition) is 7. The van der Waals surface area contributed by atoms with Gasteiger partial charge in [-0.3, -0.25) is 9.59 Å². The zero-order chi connectivity index (χ0) is 25.2. The Labute approximate surface area is 203 Å². The fraction of sp³-hybridized carbons (Fsp3) is 0.231. The molecule has 0 spiro atoms. The Morgan fingerprint density at radius 2 is 1.77 bits per heavy atom. The molecule has 3 aromatic rings. The summed E-state index contributed by atoms with van der Waals surface area (Å²) < 4.78 is 16.3. The summed E-state index contributed by atoms with van der Waals surface area (Å²) in [5.41, 5.74) is 3.47. The Kier molecular flexibility index (Phi) is 8.77. The van der Waals surface area contributed by atoms with Crippen LogP contribution < -0.4 is 15.5 Å². The summed E-state index contributed by atoms with van der Waals surface area (Å²) in [6, 6.07) is 18.4. The number of esters is 1. The molecule has 9 nitrogen and oxygen atoms in total. The van der Waals surface area contributed by atoms with Gasteiger partial charge in [-0.15, -0.1) is 0 Å². The minimum atomic E-state index is -0.820. The second-order valence-corrected chi connectivity index (χ2v) is 7.86. The van der Waals surface area contributed by atoms with E-state index in [0.29, 0.717) is 28.4 Å². The van der Waals surface area contributed by atoms with Gasteiger partial charge in [0.25, 0.3) is 11.8 Å². The molecule has 0 radical (unpaired) electrons. The first kappa shape index (κ1) is 25.2. The van der Waals surface area contributed by atoms with Gasteiger partial charge in [0, 0.05) is 5.56 Å². The topological polar surface area (TPSA) is 119 Å². The van der Waals surface area contributed by atoms with E-state index >= 15 is 0 Å². The minimum Gasteiger partial charge on any atom is -0.484 e. The van der Waals surface area contributed by atoms with Gasteiger partial charge in [-0.2, -0.15) is 5.10 Å². The second kappa shape index (κ2) is 12.2. The first-order chi connectivity index (χ1) is 16.8. The summed E-state index contributed by atoms with van der Waals surface area (Å²) in [5, 5.41) is 6.41. The molecule has 2 amide bonds. The molecule has 1 atom stereocenters. The molecule has 0 saturated heterocycles. The fourth-order valence-corrected chi connectivity index (χ4v) is 2.93. The summed E-state index contributed by atoms with van der Waals surface area (Å²) in [7, 11) is 0. The fourth-order valence-electron chi connectivity index (χ4n) is 2.93. The van der Waals surface area contributed by atoms with Crippen molar-refractivity contribution in [2.75, 3.05) is 6.61 Å². The van der Waals surface area contributed by atoms with Gasteiger partial charge in [-0.05, 0) is 57.2 Å². The minimum absolute atomic E-state index is 0.212. The van der Waals surface area contributed by atoms with Crippen LogP contribution in [0.5, 0.6) is 5.75 Å². The zero-order valence-electron chi connectivity index (χ0n) is 19.7. The normalized spacial score (nSPS) is 11.8. The standard InChI is InChI=1S/C26H27N3O6/c1-17(2)34-26(32)20-9-7-8-19(14-20)23-13-12-22(35-23)15-27-29-25(31)18(3)28-24(30)16-33-21-10-5-4-6-11-21/h4-15,17-18H,16H2,1-3H3,(H,28,30)(H,29,31)/b27-15-/t18-/m0/s1. The Morgan fingerprint density at radius 1 is 1.00 bits per heavy atom. The number of furan rings is 1. The first-order valence-electron chi connectivity index (χ1n) is 11.0. The molecule has 182 valence electrons. The van der Waals surface area contributed by atoms with Gasteiger partial charge in [0.15, 0.2) is 6.61 Å². The van der Waals surface area contributed by atoms with Gasteiger partial charge < -0.3 is 19.2 Å². The molecule has 2 N–H and O–H groups in total. The predicted molar refractivity (Wildman–Crippen MR) is 130 cm³/mol. The van der Waals surface area contributed by atoms with E-state index in [-0.39, 0.29) is 12.7 Å². The van der Waals surface area contributed by atoms with Crippen LogP contribution in [0.15, 0.2) is 76.2 Å². The van der Waals surface area contributed by atoms with E-state index in [1.165, 1.54) is 13.1 Å². The second-order valence-electron chi connectivity index (χ2n) is 7.86. The molecule has 1 aromatic heterocycles. The molecule has 2 aromatic carbocycles. The predicted octanol–water partition coefficient (Wildman–Crippen LogP) is 3.55. The first-order valence-corrected chi connectivity index (χ1v) is 11.0. The van der Waals surface area contributed by atoms with Crippen LogP contribution in [-0.2, 0) is 14.3 Å². The molecule has 3 rings (SSSR count). The van der Waals surface area contributed by atoms with Crippen LogP contribution in [0.3, 0.4) is 0 Å². The van der Waals surface area contributed by atoms with Crippen LogP contribution in [0.4, 0.5) is 0 Å². The average Bonchev–Trinajstić information content (AvgIpc) is 3.32. The quantitative estimate of drug-likeness (QED) is 0.262. The Hall–Kier alpha value is -4.40. The number of ether oxygens (including phenoxy) is 2. The third-order valence-corrected chi connectivity index (χ3v) is 4.60. The van der Waals surface area contributed by atoms with Crippen LogP contribution >= 0.6 is 0 Å². The number of carbonyl (C=O) groups is 3. The van der Waals surface area contributed by atoms with Crippen LogP contribution in [0.1, 0.15) is 36.9 Å². The third kappa shape index (κ3) is 7.85. The number of rotatable bonds is 10. The number of amides is 2. The lowest BCUT2D eigenvalue weighted by Gasteiger charge is -2.12. The van der Waals surface area contributed by atoms with Crippen LogP contribution in [-0.4, -0.2) is 42.8 Å². The highest BCUT2D eigenvalue weighted by Crippen LogP contribution is 2.23. The van der Waals surface area contributed by atoms with E-state index in [9.17, 15) is 14.4 Å². The van der Waals surface area contributed by atoms with Gasteiger partial charge in [0.2, 0.25) is 0 Å².